The molecule has 1 aromatic rings. The molecule has 1 aromatic carbocycles. The molecule has 2 rings (SSSR count). The summed E-state index contributed by atoms with van der Waals surface area (Å²) >= 11 is 0. The lowest BCUT2D eigenvalue weighted by Crippen LogP contribution is -2.54. The zero-order valence-electron chi connectivity index (χ0n) is 14.6. The molecule has 1 saturated heterocycles. The molecule has 0 saturated carbocycles. The van der Waals surface area contributed by atoms with Crippen LogP contribution in [0.1, 0.15) is 31.7 Å². The van der Waals surface area contributed by atoms with E-state index in [2.05, 4.69) is 5.32 Å². The largest absolute Gasteiger partial charge is 0.497 e. The van der Waals surface area contributed by atoms with E-state index in [0.717, 1.165) is 17.7 Å². The Morgan fingerprint density at radius 2 is 2.00 bits per heavy atom. The zero-order valence-corrected chi connectivity index (χ0v) is 14.6. The summed E-state index contributed by atoms with van der Waals surface area (Å²) in [5.41, 5.74) is 0.175. The van der Waals surface area contributed by atoms with E-state index in [1.165, 1.54) is 0 Å². The van der Waals surface area contributed by atoms with E-state index in [4.69, 9.17) is 9.47 Å². The standard InChI is InChI=1S/C18H26N2O4/c1-18(17(22)19-11-4-12-23-2)10-9-16(21)20(18)13-14-5-7-15(24-3)8-6-14/h5-8H,4,9-13H2,1-3H3,(H,19,22). The first-order chi connectivity index (χ1) is 11.5. The van der Waals surface area contributed by atoms with E-state index in [9.17, 15) is 9.59 Å². The van der Waals surface area contributed by atoms with E-state index in [1.54, 1.807) is 19.1 Å². The van der Waals surface area contributed by atoms with Gasteiger partial charge in [-0.2, -0.15) is 0 Å². The van der Waals surface area contributed by atoms with Crippen LogP contribution in [0.25, 0.3) is 0 Å². The number of methoxy groups -OCH3 is 2. The number of nitrogens with one attached hydrogen (secondary N) is 1. The van der Waals surface area contributed by atoms with Crippen molar-refractivity contribution in [1.29, 1.82) is 0 Å². The van der Waals surface area contributed by atoms with Crippen LogP contribution in [-0.2, 0) is 20.9 Å². The molecular weight excluding hydrogens is 308 g/mol. The molecule has 0 aromatic heterocycles. The third-order valence-corrected chi connectivity index (χ3v) is 4.52. The first-order valence-corrected chi connectivity index (χ1v) is 8.22. The molecule has 0 spiro atoms. The van der Waals surface area contributed by atoms with Gasteiger partial charge in [-0.25, -0.2) is 0 Å². The predicted octanol–water partition coefficient (Wildman–Crippen LogP) is 1.73. The number of carbonyl (C=O) groups excluding carboxylic acids is 2. The maximum absolute atomic E-state index is 12.6. The average molecular weight is 334 g/mol. The fraction of sp³-hybridized carbons (Fsp3) is 0.556. The Bertz CT molecular complexity index is 573. The van der Waals surface area contributed by atoms with Crippen molar-refractivity contribution in [3.63, 3.8) is 0 Å². The van der Waals surface area contributed by atoms with Gasteiger partial charge in [0.25, 0.3) is 0 Å². The maximum atomic E-state index is 12.6. The van der Waals surface area contributed by atoms with Gasteiger partial charge in [0.15, 0.2) is 0 Å². The van der Waals surface area contributed by atoms with E-state index >= 15 is 0 Å². The Hall–Kier alpha value is -2.08. The molecule has 6 nitrogen and oxygen atoms in total. The van der Waals surface area contributed by atoms with Gasteiger partial charge in [0.1, 0.15) is 11.3 Å². The topological polar surface area (TPSA) is 67.9 Å². The number of hydrogen-bond acceptors (Lipinski definition) is 4. The summed E-state index contributed by atoms with van der Waals surface area (Å²) in [5.74, 6) is 0.684. The molecule has 1 unspecified atom stereocenters. The van der Waals surface area contributed by atoms with Gasteiger partial charge in [0, 0.05) is 33.2 Å². The SMILES string of the molecule is COCCCNC(=O)C1(C)CCC(=O)N1Cc1ccc(OC)cc1. The Kier molecular flexibility index (Phi) is 6.20. The van der Waals surface area contributed by atoms with Crippen LogP contribution in [-0.4, -0.2) is 49.6 Å². The molecule has 1 aliphatic heterocycles. The van der Waals surface area contributed by atoms with Crippen molar-refractivity contribution in [2.75, 3.05) is 27.4 Å². The maximum Gasteiger partial charge on any atom is 0.245 e. The third kappa shape index (κ3) is 4.06. The second kappa shape index (κ2) is 8.15. The number of nitrogens with zero attached hydrogens (tertiary/aromatic N) is 1. The van der Waals surface area contributed by atoms with Gasteiger partial charge in [-0.3, -0.25) is 9.59 Å². The third-order valence-electron chi connectivity index (χ3n) is 4.52. The highest BCUT2D eigenvalue weighted by Gasteiger charge is 2.46. The summed E-state index contributed by atoms with van der Waals surface area (Å²) in [6.45, 7) is 3.41. The lowest BCUT2D eigenvalue weighted by atomic mass is 9.97. The van der Waals surface area contributed by atoms with E-state index in [0.29, 0.717) is 32.5 Å². The minimum absolute atomic E-state index is 0.0142. The zero-order chi connectivity index (χ0) is 17.6. The molecule has 0 bridgehead atoms. The van der Waals surface area contributed by atoms with Crippen LogP contribution in [0.2, 0.25) is 0 Å². The van der Waals surface area contributed by atoms with Crippen LogP contribution in [0.5, 0.6) is 5.75 Å². The quantitative estimate of drug-likeness (QED) is 0.735. The van der Waals surface area contributed by atoms with Gasteiger partial charge >= 0.3 is 0 Å². The highest BCUT2D eigenvalue weighted by Crippen LogP contribution is 2.32. The molecule has 6 heteroatoms. The van der Waals surface area contributed by atoms with Gasteiger partial charge < -0.3 is 19.7 Å². The van der Waals surface area contributed by atoms with Crippen LogP contribution >= 0.6 is 0 Å². The summed E-state index contributed by atoms with van der Waals surface area (Å²) < 4.78 is 10.1. The van der Waals surface area contributed by atoms with Crippen molar-refractivity contribution in [3.8, 4) is 5.75 Å². The van der Waals surface area contributed by atoms with Crippen molar-refractivity contribution >= 4 is 11.8 Å². The van der Waals surface area contributed by atoms with Crippen molar-refractivity contribution in [3.05, 3.63) is 29.8 Å². The molecule has 2 amide bonds. The number of amides is 2. The lowest BCUT2D eigenvalue weighted by molar-refractivity contribution is -0.141. The molecule has 1 atom stereocenters. The average Bonchev–Trinajstić information content (AvgIpc) is 2.89. The molecule has 24 heavy (non-hydrogen) atoms. The second-order valence-corrected chi connectivity index (χ2v) is 6.20. The Labute approximate surface area is 143 Å². The van der Waals surface area contributed by atoms with Gasteiger partial charge in [0.05, 0.1) is 7.11 Å². The molecular formula is C18H26N2O4. The number of ether oxygens (including phenoxy) is 2. The van der Waals surface area contributed by atoms with Crippen LogP contribution in [0.4, 0.5) is 0 Å². The lowest BCUT2D eigenvalue weighted by Gasteiger charge is -2.34. The normalized spacial score (nSPS) is 20.3. The van der Waals surface area contributed by atoms with Crippen molar-refractivity contribution in [2.45, 2.75) is 38.3 Å². The molecule has 132 valence electrons. The molecule has 1 heterocycles. The van der Waals surface area contributed by atoms with Crippen LogP contribution in [0, 0.1) is 0 Å². The van der Waals surface area contributed by atoms with Crippen LogP contribution in [0.3, 0.4) is 0 Å². The molecule has 1 N–H and O–H groups in total. The van der Waals surface area contributed by atoms with Gasteiger partial charge in [0.2, 0.25) is 11.8 Å². The first kappa shape index (κ1) is 18.3. The number of benzene rings is 1. The minimum atomic E-state index is -0.802. The molecule has 0 radical (unpaired) electrons. The predicted molar refractivity (Wildman–Crippen MR) is 90.7 cm³/mol. The fourth-order valence-electron chi connectivity index (χ4n) is 2.92. The van der Waals surface area contributed by atoms with Gasteiger partial charge in [-0.15, -0.1) is 0 Å². The van der Waals surface area contributed by atoms with Crippen molar-refractivity contribution < 1.29 is 19.1 Å². The van der Waals surface area contributed by atoms with E-state index in [-0.39, 0.29) is 11.8 Å². The Balaban J connectivity index is 2.04. The number of hydrogen-bond donors (Lipinski definition) is 1. The van der Waals surface area contributed by atoms with Crippen LogP contribution in [0.15, 0.2) is 24.3 Å². The van der Waals surface area contributed by atoms with E-state index < -0.39 is 5.54 Å². The highest BCUT2D eigenvalue weighted by atomic mass is 16.5. The molecule has 1 aliphatic rings. The van der Waals surface area contributed by atoms with Gasteiger partial charge in [-0.1, -0.05) is 12.1 Å². The molecule has 1 fully saturated rings. The second-order valence-electron chi connectivity index (χ2n) is 6.20. The number of carbonyl (C=O) groups is 2. The van der Waals surface area contributed by atoms with Crippen molar-refractivity contribution in [2.24, 2.45) is 0 Å². The summed E-state index contributed by atoms with van der Waals surface area (Å²) in [5, 5.41) is 2.92. The van der Waals surface area contributed by atoms with Crippen LogP contribution < -0.4 is 10.1 Å². The number of rotatable bonds is 8. The smallest absolute Gasteiger partial charge is 0.245 e. The fourth-order valence-corrected chi connectivity index (χ4v) is 2.92. The summed E-state index contributed by atoms with van der Waals surface area (Å²) in [4.78, 5) is 26.6. The minimum Gasteiger partial charge on any atom is -0.497 e. The molecule has 0 aliphatic carbocycles. The monoisotopic (exact) mass is 334 g/mol. The summed E-state index contributed by atoms with van der Waals surface area (Å²) in [6.07, 6.45) is 1.70. The Morgan fingerprint density at radius 1 is 1.29 bits per heavy atom. The van der Waals surface area contributed by atoms with Gasteiger partial charge in [-0.05, 0) is 37.5 Å². The van der Waals surface area contributed by atoms with E-state index in [1.807, 2.05) is 31.2 Å². The highest BCUT2D eigenvalue weighted by molar-refractivity contribution is 5.94. The Morgan fingerprint density at radius 3 is 2.62 bits per heavy atom. The first-order valence-electron chi connectivity index (χ1n) is 8.22. The summed E-state index contributed by atoms with van der Waals surface area (Å²) in [6, 6.07) is 7.55. The summed E-state index contributed by atoms with van der Waals surface area (Å²) in [7, 11) is 3.25. The number of likely N-dealkylation sites (tertiary alicyclic amines) is 1. The van der Waals surface area contributed by atoms with Crippen molar-refractivity contribution in [1.82, 2.24) is 10.2 Å².